The summed E-state index contributed by atoms with van der Waals surface area (Å²) >= 11 is 0. The van der Waals surface area contributed by atoms with E-state index in [1.807, 2.05) is 0 Å². The van der Waals surface area contributed by atoms with Crippen LogP contribution in [0.3, 0.4) is 0 Å². The molecule has 9 atom stereocenters. The van der Waals surface area contributed by atoms with Crippen molar-refractivity contribution in [3.05, 3.63) is 0 Å². The first-order valence-electron chi connectivity index (χ1n) is 18.8. The summed E-state index contributed by atoms with van der Waals surface area (Å²) in [4.78, 5) is 0. The monoisotopic (exact) mass is 846 g/mol. The van der Waals surface area contributed by atoms with Gasteiger partial charge < -0.3 is 50.3 Å². The molecule has 0 spiro atoms. The highest BCUT2D eigenvalue weighted by Crippen LogP contribution is 2.40. The molecule has 11 nitrogen and oxygen atoms in total. The lowest BCUT2D eigenvalue weighted by atomic mass is 9.99. The fraction of sp³-hybridized carbons (Fsp3) is 1.00. The van der Waals surface area contributed by atoms with Gasteiger partial charge in [-0.05, 0) is 137 Å². The molecule has 0 aliphatic carbocycles. The molecule has 18 heteroatoms. The molecule has 2 fully saturated rings. The SMILES string of the molecule is C[Si](C)(C)OC[C@H]1O[C@H](OCC2O[C@](O)(CO[Si](C)(C)C)[C@@H](O[Si](C)(C)C)[C@@H]2O[Si](C)(C)C)[C@H](O[Si](C)(C)C)[C@@H](O[Si](C)(C)C)[C@@H]1O[Si](C)(C)C. The third-order valence-electron chi connectivity index (χ3n) is 7.31. The molecule has 2 heterocycles. The van der Waals surface area contributed by atoms with Crippen molar-refractivity contribution in [2.24, 2.45) is 0 Å². The predicted molar refractivity (Wildman–Crippen MR) is 224 cm³/mol. The van der Waals surface area contributed by atoms with E-state index in [1.54, 1.807) is 0 Å². The lowest BCUT2D eigenvalue weighted by Crippen LogP contribution is -2.66. The zero-order valence-electron chi connectivity index (χ0n) is 36.3. The van der Waals surface area contributed by atoms with E-state index in [9.17, 15) is 5.11 Å². The quantitative estimate of drug-likeness (QED) is 0.130. The molecule has 2 saturated heterocycles. The van der Waals surface area contributed by atoms with Crippen molar-refractivity contribution in [2.75, 3.05) is 19.8 Å². The van der Waals surface area contributed by atoms with E-state index in [4.69, 9.17) is 45.2 Å². The largest absolute Gasteiger partial charge is 0.415 e. The molecule has 2 aliphatic heterocycles. The Bertz CT molecular complexity index is 1090. The molecule has 0 aromatic carbocycles. The van der Waals surface area contributed by atoms with E-state index >= 15 is 0 Å². The molecule has 0 saturated carbocycles. The molecule has 1 unspecified atom stereocenters. The van der Waals surface area contributed by atoms with Gasteiger partial charge in [-0.3, -0.25) is 0 Å². The summed E-state index contributed by atoms with van der Waals surface area (Å²) in [5, 5.41) is 12.2. The second-order valence-electron chi connectivity index (χ2n) is 21.1. The van der Waals surface area contributed by atoms with Gasteiger partial charge in [0.05, 0.1) is 19.8 Å². The van der Waals surface area contributed by atoms with Gasteiger partial charge >= 0.3 is 0 Å². The van der Waals surface area contributed by atoms with Gasteiger partial charge in [-0.2, -0.15) is 0 Å². The molecule has 0 bridgehead atoms. The highest BCUT2D eigenvalue weighted by atomic mass is 28.4. The Kier molecular flexibility index (Phi) is 16.3. The average Bonchev–Trinajstić information content (AvgIpc) is 3.08. The lowest BCUT2D eigenvalue weighted by molar-refractivity contribution is -0.301. The van der Waals surface area contributed by atoms with Gasteiger partial charge in [0.25, 0.3) is 0 Å². The maximum Gasteiger partial charge on any atom is 0.217 e. The summed E-state index contributed by atoms with van der Waals surface area (Å²) in [6.45, 7) is 45.6. The lowest BCUT2D eigenvalue weighted by Gasteiger charge is -2.51. The van der Waals surface area contributed by atoms with Crippen LogP contribution in [0.5, 0.6) is 0 Å². The predicted octanol–water partition coefficient (Wildman–Crippen LogP) is 7.62. The van der Waals surface area contributed by atoms with Crippen molar-refractivity contribution in [2.45, 2.75) is 192 Å². The number of ether oxygens (including phenoxy) is 3. The van der Waals surface area contributed by atoms with Crippen molar-refractivity contribution in [3.8, 4) is 0 Å². The Labute approximate surface area is 319 Å². The Hall–Kier alpha value is 1.08. The van der Waals surface area contributed by atoms with Crippen LogP contribution in [0, 0.1) is 0 Å². The third-order valence-corrected chi connectivity index (χ3v) is 14.2. The smallest absolute Gasteiger partial charge is 0.217 e. The Balaban J connectivity index is 2.64. The van der Waals surface area contributed by atoms with Gasteiger partial charge in [0.1, 0.15) is 42.7 Å². The second-order valence-corrected chi connectivity index (χ2v) is 52.5. The minimum Gasteiger partial charge on any atom is -0.415 e. The first kappa shape index (κ1) is 48.2. The fourth-order valence-electron chi connectivity index (χ4n) is 5.79. The van der Waals surface area contributed by atoms with Crippen LogP contribution in [-0.2, 0) is 45.2 Å². The molecular formula is C33H78O11Si7. The molecule has 0 amide bonds. The molecule has 2 aliphatic rings. The summed E-state index contributed by atoms with van der Waals surface area (Å²) in [5.41, 5.74) is 0. The van der Waals surface area contributed by atoms with E-state index in [0.29, 0.717) is 6.61 Å². The van der Waals surface area contributed by atoms with E-state index in [0.717, 1.165) is 0 Å². The van der Waals surface area contributed by atoms with Crippen molar-refractivity contribution in [3.63, 3.8) is 0 Å². The fourth-order valence-corrected chi connectivity index (χ4v) is 12.5. The molecule has 0 radical (unpaired) electrons. The molecule has 51 heavy (non-hydrogen) atoms. The van der Waals surface area contributed by atoms with Gasteiger partial charge in [0.2, 0.25) is 5.79 Å². The Morgan fingerprint density at radius 2 is 0.863 bits per heavy atom. The molecule has 304 valence electrons. The summed E-state index contributed by atoms with van der Waals surface area (Å²) in [6, 6.07) is 0. The van der Waals surface area contributed by atoms with Crippen LogP contribution >= 0.6 is 0 Å². The summed E-state index contributed by atoms with van der Waals surface area (Å²) in [7, 11) is -14.7. The summed E-state index contributed by atoms with van der Waals surface area (Å²) < 4.78 is 67.5. The summed E-state index contributed by atoms with van der Waals surface area (Å²) in [5.74, 6) is -1.71. The van der Waals surface area contributed by atoms with Crippen molar-refractivity contribution in [1.82, 2.24) is 0 Å². The van der Waals surface area contributed by atoms with Gasteiger partial charge in [-0.15, -0.1) is 0 Å². The van der Waals surface area contributed by atoms with Crippen LogP contribution in [-0.4, -0.2) is 138 Å². The number of aliphatic hydroxyl groups is 1. The maximum absolute atomic E-state index is 12.2. The van der Waals surface area contributed by atoms with E-state index < -0.39 is 113 Å². The molecule has 0 aromatic heterocycles. The number of hydrogen-bond acceptors (Lipinski definition) is 11. The highest BCUT2D eigenvalue weighted by Gasteiger charge is 2.59. The number of rotatable bonds is 19. The first-order chi connectivity index (χ1) is 22.5. The van der Waals surface area contributed by atoms with E-state index in [1.165, 1.54) is 0 Å². The summed E-state index contributed by atoms with van der Waals surface area (Å²) in [6.07, 6.45) is -4.65. The van der Waals surface area contributed by atoms with Gasteiger partial charge in [-0.1, -0.05) is 0 Å². The Morgan fingerprint density at radius 3 is 1.29 bits per heavy atom. The minimum atomic E-state index is -2.18. The molecule has 1 N–H and O–H groups in total. The molecular weight excluding hydrogens is 769 g/mol. The standard InChI is InChI=1S/C33H78O11Si7/c1-45(2,3)36-23-25-27(40-47(7,8)9)29(42-49(13,14)15)30(43-50(16,17)18)32(38-25)35-22-26-28(41-48(10,11)12)31(44-51(19,20)21)33(34,39-26)24-37-46(4,5)6/h25-32,34H,22-24H2,1-21H3/t25-,26?,27-,28-,29+,30-,31+,32+,33-/m1/s1. The normalized spacial score (nSPS) is 32.1. The zero-order chi connectivity index (χ0) is 39.8. The van der Waals surface area contributed by atoms with E-state index in [-0.39, 0.29) is 13.2 Å². The van der Waals surface area contributed by atoms with Crippen LogP contribution in [0.1, 0.15) is 0 Å². The van der Waals surface area contributed by atoms with Crippen LogP contribution in [0.4, 0.5) is 0 Å². The van der Waals surface area contributed by atoms with Crippen molar-refractivity contribution in [1.29, 1.82) is 0 Å². The second kappa shape index (κ2) is 17.3. The Morgan fingerprint density at radius 1 is 0.451 bits per heavy atom. The third kappa shape index (κ3) is 17.8. The van der Waals surface area contributed by atoms with Crippen molar-refractivity contribution >= 4 is 58.2 Å². The van der Waals surface area contributed by atoms with Crippen LogP contribution in [0.15, 0.2) is 0 Å². The zero-order valence-corrected chi connectivity index (χ0v) is 43.3. The topological polar surface area (TPSA) is 113 Å². The average molecular weight is 848 g/mol. The van der Waals surface area contributed by atoms with Crippen LogP contribution < -0.4 is 0 Å². The highest BCUT2D eigenvalue weighted by molar-refractivity contribution is 6.72. The van der Waals surface area contributed by atoms with Crippen LogP contribution in [0.2, 0.25) is 137 Å². The van der Waals surface area contributed by atoms with Gasteiger partial charge in [0, 0.05) is 0 Å². The van der Waals surface area contributed by atoms with Gasteiger partial charge in [0.15, 0.2) is 64.5 Å². The van der Waals surface area contributed by atoms with Gasteiger partial charge in [-0.25, -0.2) is 0 Å². The number of hydrogen-bond donors (Lipinski definition) is 1. The van der Waals surface area contributed by atoms with Crippen LogP contribution in [0.25, 0.3) is 0 Å². The molecule has 0 aromatic rings. The molecule has 2 rings (SSSR count). The maximum atomic E-state index is 12.2. The first-order valence-corrected chi connectivity index (χ1v) is 42.7. The minimum absolute atomic E-state index is 0.0147. The van der Waals surface area contributed by atoms with E-state index in [2.05, 4.69) is 137 Å². The van der Waals surface area contributed by atoms with Crippen molar-refractivity contribution < 1.29 is 50.3 Å².